The lowest BCUT2D eigenvalue weighted by atomic mass is 10.2. The molecule has 0 aliphatic carbocycles. The molecule has 0 aliphatic heterocycles. The van der Waals surface area contributed by atoms with E-state index in [2.05, 4.69) is 16.9 Å². The van der Waals surface area contributed by atoms with Crippen LogP contribution in [0.5, 0.6) is 0 Å². The van der Waals surface area contributed by atoms with Gasteiger partial charge in [0.25, 0.3) is 0 Å². The number of unbranched alkanes of at least 4 members (excludes halogenated alkanes) is 1. The zero-order valence-electron chi connectivity index (χ0n) is 17.7. The predicted molar refractivity (Wildman–Crippen MR) is 123 cm³/mol. The van der Waals surface area contributed by atoms with Gasteiger partial charge in [-0.25, -0.2) is 0 Å². The molecular formula is C20H36N2O4S2. The van der Waals surface area contributed by atoms with E-state index in [0.717, 1.165) is 17.9 Å². The van der Waals surface area contributed by atoms with Crippen molar-refractivity contribution in [3.63, 3.8) is 0 Å². The van der Waals surface area contributed by atoms with Crippen molar-refractivity contribution in [2.45, 2.75) is 50.0 Å². The van der Waals surface area contributed by atoms with Crippen molar-refractivity contribution in [2.24, 2.45) is 9.98 Å². The lowest BCUT2D eigenvalue weighted by Gasteiger charge is -2.20. The molecule has 2 unspecified atom stereocenters. The molecule has 8 heteroatoms. The van der Waals surface area contributed by atoms with Gasteiger partial charge in [0.15, 0.2) is 11.6 Å². The lowest BCUT2D eigenvalue weighted by molar-refractivity contribution is -0.126. The number of aliphatic imine (C=N–C) groups is 2. The fourth-order valence-corrected chi connectivity index (χ4v) is 4.90. The zero-order valence-corrected chi connectivity index (χ0v) is 19.4. The molecule has 162 valence electrons. The van der Waals surface area contributed by atoms with Crippen molar-refractivity contribution in [3.05, 3.63) is 0 Å². The smallest absolute Gasteiger partial charge is 0.158 e. The molecule has 0 aliphatic rings. The SMILES string of the molecule is CCCCSC(C=NC)C(C=NC)SCCCC(=O)COCCOCC(C)=O. The Balaban J connectivity index is 4.06. The van der Waals surface area contributed by atoms with Gasteiger partial charge >= 0.3 is 0 Å². The number of Topliss-reactive ketones (excluding diaryl/α,β-unsaturated/α-hetero) is 2. The van der Waals surface area contributed by atoms with Crippen molar-refractivity contribution >= 4 is 47.5 Å². The Labute approximate surface area is 178 Å². The first kappa shape index (κ1) is 27.3. The van der Waals surface area contributed by atoms with Crippen LogP contribution in [0.2, 0.25) is 0 Å². The molecule has 2 atom stereocenters. The Morgan fingerprint density at radius 3 is 1.96 bits per heavy atom. The number of rotatable bonds is 19. The van der Waals surface area contributed by atoms with Gasteiger partial charge in [0.05, 0.1) is 23.7 Å². The summed E-state index contributed by atoms with van der Waals surface area (Å²) in [5.41, 5.74) is 0. The van der Waals surface area contributed by atoms with Crippen LogP contribution in [-0.2, 0) is 19.1 Å². The Hall–Kier alpha value is -0.700. The minimum absolute atomic E-state index is 0.0174. The standard InChI is InChI=1S/C20H36N2O4S2/c1-5-6-11-27-19(13-21-3)20(14-22-4)28-12-7-8-18(24)16-26-10-9-25-15-17(2)23/h13-14,19-20H,5-12,15-16H2,1-4H3. The highest BCUT2D eigenvalue weighted by atomic mass is 32.2. The molecule has 0 aromatic carbocycles. The number of thioether (sulfide) groups is 2. The third-order valence-corrected chi connectivity index (χ3v) is 6.40. The van der Waals surface area contributed by atoms with Crippen LogP contribution in [-0.4, -0.2) is 86.5 Å². The minimum atomic E-state index is -0.0174. The molecule has 0 fully saturated rings. The van der Waals surface area contributed by atoms with E-state index in [-0.39, 0.29) is 30.0 Å². The quantitative estimate of drug-likeness (QED) is 0.230. The molecule has 0 spiro atoms. The van der Waals surface area contributed by atoms with E-state index in [1.165, 1.54) is 19.8 Å². The van der Waals surface area contributed by atoms with E-state index in [9.17, 15) is 9.59 Å². The van der Waals surface area contributed by atoms with Gasteiger partial charge in [0.1, 0.15) is 13.2 Å². The highest BCUT2D eigenvalue weighted by molar-refractivity contribution is 8.04. The second kappa shape index (κ2) is 19.6. The Bertz CT molecular complexity index is 473. The summed E-state index contributed by atoms with van der Waals surface area (Å²) in [4.78, 5) is 31.0. The van der Waals surface area contributed by atoms with Gasteiger partial charge < -0.3 is 9.47 Å². The monoisotopic (exact) mass is 432 g/mol. The average Bonchev–Trinajstić information content (AvgIpc) is 2.66. The molecule has 0 radical (unpaired) electrons. The van der Waals surface area contributed by atoms with Gasteiger partial charge in [0, 0.05) is 32.9 Å². The molecule has 0 amide bonds. The molecule has 6 nitrogen and oxygen atoms in total. The number of ether oxygens (including phenoxy) is 2. The highest BCUT2D eigenvalue weighted by Gasteiger charge is 2.19. The molecule has 0 saturated carbocycles. The van der Waals surface area contributed by atoms with Crippen LogP contribution in [0.15, 0.2) is 9.98 Å². The zero-order chi connectivity index (χ0) is 21.0. The Morgan fingerprint density at radius 1 is 0.929 bits per heavy atom. The van der Waals surface area contributed by atoms with E-state index in [0.29, 0.717) is 24.9 Å². The van der Waals surface area contributed by atoms with E-state index in [4.69, 9.17) is 9.47 Å². The number of hydrogen-bond acceptors (Lipinski definition) is 8. The molecular weight excluding hydrogens is 396 g/mol. The summed E-state index contributed by atoms with van der Waals surface area (Å²) in [5, 5.41) is 0.569. The van der Waals surface area contributed by atoms with Crippen LogP contribution in [0, 0.1) is 0 Å². The molecule has 0 aromatic rings. The van der Waals surface area contributed by atoms with Gasteiger partial charge in [-0.1, -0.05) is 13.3 Å². The van der Waals surface area contributed by atoms with E-state index < -0.39 is 0 Å². The van der Waals surface area contributed by atoms with Crippen LogP contribution in [0.3, 0.4) is 0 Å². The van der Waals surface area contributed by atoms with Crippen LogP contribution < -0.4 is 0 Å². The van der Waals surface area contributed by atoms with E-state index in [1.807, 2.05) is 43.0 Å². The normalized spacial score (nSPS) is 14.0. The maximum atomic E-state index is 11.9. The topological polar surface area (TPSA) is 77.3 Å². The first-order chi connectivity index (χ1) is 13.5. The summed E-state index contributed by atoms with van der Waals surface area (Å²) >= 11 is 3.75. The van der Waals surface area contributed by atoms with Crippen molar-refractivity contribution in [1.29, 1.82) is 0 Å². The molecule has 0 N–H and O–H groups in total. The van der Waals surface area contributed by atoms with Gasteiger partial charge in [-0.05, 0) is 31.3 Å². The van der Waals surface area contributed by atoms with Crippen molar-refractivity contribution in [1.82, 2.24) is 0 Å². The van der Waals surface area contributed by atoms with Crippen molar-refractivity contribution in [3.8, 4) is 0 Å². The van der Waals surface area contributed by atoms with Gasteiger partial charge in [-0.15, -0.1) is 0 Å². The molecule has 0 saturated heterocycles. The number of ketones is 2. The summed E-state index contributed by atoms with van der Waals surface area (Å²) in [6.45, 7) is 4.53. The van der Waals surface area contributed by atoms with Crippen LogP contribution in [0.1, 0.15) is 39.5 Å². The summed E-state index contributed by atoms with van der Waals surface area (Å²) in [7, 11) is 3.60. The third-order valence-electron chi connectivity index (χ3n) is 3.57. The Kier molecular flexibility index (Phi) is 19.1. The van der Waals surface area contributed by atoms with E-state index in [1.54, 1.807) is 7.05 Å². The van der Waals surface area contributed by atoms with Gasteiger partial charge in [-0.2, -0.15) is 23.5 Å². The van der Waals surface area contributed by atoms with Gasteiger partial charge in [-0.3, -0.25) is 19.6 Å². The second-order valence-corrected chi connectivity index (χ2v) is 8.86. The Morgan fingerprint density at radius 2 is 1.46 bits per heavy atom. The molecule has 28 heavy (non-hydrogen) atoms. The third kappa shape index (κ3) is 16.3. The molecule has 0 rings (SSSR count). The molecule has 0 heterocycles. The summed E-state index contributed by atoms with van der Waals surface area (Å²) in [6, 6.07) is 0. The summed E-state index contributed by atoms with van der Waals surface area (Å²) in [6.07, 6.45) is 7.71. The fourth-order valence-electron chi connectivity index (χ4n) is 2.18. The summed E-state index contributed by atoms with van der Waals surface area (Å²) < 4.78 is 10.4. The minimum Gasteiger partial charge on any atom is -0.371 e. The first-order valence-corrected chi connectivity index (χ1v) is 11.9. The highest BCUT2D eigenvalue weighted by Crippen LogP contribution is 2.24. The average molecular weight is 433 g/mol. The van der Waals surface area contributed by atoms with Crippen molar-refractivity contribution in [2.75, 3.05) is 52.0 Å². The molecule has 0 bridgehead atoms. The maximum Gasteiger partial charge on any atom is 0.158 e. The second-order valence-electron chi connectivity index (χ2n) is 6.29. The van der Waals surface area contributed by atoms with Crippen LogP contribution in [0.4, 0.5) is 0 Å². The number of carbonyl (C=O) groups excluding carboxylic acids is 2. The number of carbonyl (C=O) groups is 2. The maximum absolute atomic E-state index is 11.9. The fraction of sp³-hybridized carbons (Fsp3) is 0.800. The van der Waals surface area contributed by atoms with Gasteiger partial charge in [0.2, 0.25) is 0 Å². The lowest BCUT2D eigenvalue weighted by Crippen LogP contribution is -2.24. The number of nitrogens with zero attached hydrogens (tertiary/aromatic N) is 2. The van der Waals surface area contributed by atoms with E-state index >= 15 is 0 Å². The molecule has 0 aromatic heterocycles. The van der Waals surface area contributed by atoms with Crippen molar-refractivity contribution < 1.29 is 19.1 Å². The predicted octanol–water partition coefficient (Wildman–Crippen LogP) is 3.36. The first-order valence-electron chi connectivity index (χ1n) is 9.79. The van der Waals surface area contributed by atoms with Crippen LogP contribution >= 0.6 is 23.5 Å². The largest absolute Gasteiger partial charge is 0.371 e. The van der Waals surface area contributed by atoms with Crippen LogP contribution in [0.25, 0.3) is 0 Å². The number of hydrogen-bond donors (Lipinski definition) is 0. The summed E-state index contributed by atoms with van der Waals surface area (Å²) in [5.74, 6) is 2.09.